The van der Waals surface area contributed by atoms with Crippen LogP contribution in [-0.2, 0) is 37.1 Å². The number of nitrogens with one attached hydrogen (secondary N) is 3. The molecule has 12 nitrogen and oxygen atoms in total. The van der Waals surface area contributed by atoms with Gasteiger partial charge in [-0.25, -0.2) is 4.79 Å². The van der Waals surface area contributed by atoms with Gasteiger partial charge in [-0.1, -0.05) is 57.9 Å². The number of halogens is 2. The Morgan fingerprint density at radius 3 is 2.14 bits per heavy atom. The van der Waals surface area contributed by atoms with Crippen molar-refractivity contribution >= 4 is 58.6 Å². The standard InChI is InChI=1S/C30H40Cl2N6O6/c1-30(2,3)24(36-29(44)34-12-22(39)37-13-17-6-4-5-7-18(17)14-37)28(43)38-15-19(25(31)32)11-21(38)27(42)35-20(10-16-8-9-16)23(40)26(33)41/h4-7,16,19-21,24-25H,8-15H2,1-3H3,(H2,33,41)(H,35,42)(H2,34,36,44)/t19-,20?,21+,24-/m1/s1. The van der Waals surface area contributed by atoms with Gasteiger partial charge in [0.2, 0.25) is 23.5 Å². The number of ketones is 1. The quantitative estimate of drug-likeness (QED) is 0.209. The van der Waals surface area contributed by atoms with Gasteiger partial charge in [0.15, 0.2) is 0 Å². The van der Waals surface area contributed by atoms with Crippen molar-refractivity contribution in [3.05, 3.63) is 35.4 Å². The number of nitrogens with zero attached hydrogens (tertiary/aromatic N) is 2. The summed E-state index contributed by atoms with van der Waals surface area (Å²) in [6, 6.07) is 3.76. The number of carbonyl (C=O) groups excluding carboxylic acids is 6. The Morgan fingerprint density at radius 2 is 1.61 bits per heavy atom. The molecule has 44 heavy (non-hydrogen) atoms. The van der Waals surface area contributed by atoms with E-state index in [2.05, 4.69) is 16.0 Å². The second kappa shape index (κ2) is 13.7. The van der Waals surface area contributed by atoms with Crippen molar-refractivity contribution in [1.29, 1.82) is 0 Å². The number of hydrogen-bond acceptors (Lipinski definition) is 6. The smallest absolute Gasteiger partial charge is 0.315 e. The summed E-state index contributed by atoms with van der Waals surface area (Å²) in [7, 11) is 0. The molecule has 14 heteroatoms. The molecular formula is C30H40Cl2N6O6. The van der Waals surface area contributed by atoms with Crippen molar-refractivity contribution in [3.63, 3.8) is 0 Å². The molecule has 240 valence electrons. The Morgan fingerprint density at radius 1 is 1.00 bits per heavy atom. The maximum Gasteiger partial charge on any atom is 0.315 e. The fraction of sp³-hybridized carbons (Fsp3) is 0.600. The van der Waals surface area contributed by atoms with Gasteiger partial charge in [0, 0.05) is 25.6 Å². The number of urea groups is 1. The predicted molar refractivity (Wildman–Crippen MR) is 163 cm³/mol. The molecule has 0 radical (unpaired) electrons. The first-order valence-corrected chi connectivity index (χ1v) is 15.6. The number of fused-ring (bicyclic) bond motifs is 1. The Kier molecular flexibility index (Phi) is 10.5. The van der Waals surface area contributed by atoms with Crippen molar-refractivity contribution in [2.45, 2.75) is 82.5 Å². The Bertz CT molecular complexity index is 1290. The van der Waals surface area contributed by atoms with E-state index in [1.54, 1.807) is 25.7 Å². The van der Waals surface area contributed by atoms with E-state index in [9.17, 15) is 28.8 Å². The van der Waals surface area contributed by atoms with Gasteiger partial charge < -0.3 is 31.5 Å². The summed E-state index contributed by atoms with van der Waals surface area (Å²) < 4.78 is 0. The third-order valence-corrected chi connectivity index (χ3v) is 9.11. The molecule has 4 atom stereocenters. The van der Waals surface area contributed by atoms with E-state index in [1.165, 1.54) is 4.90 Å². The maximum atomic E-state index is 14.0. The van der Waals surface area contributed by atoms with Gasteiger partial charge in [-0.15, -0.1) is 23.2 Å². The van der Waals surface area contributed by atoms with Gasteiger partial charge in [0.1, 0.15) is 16.9 Å². The largest absolute Gasteiger partial charge is 0.363 e. The van der Waals surface area contributed by atoms with Crippen LogP contribution >= 0.6 is 23.2 Å². The normalized spacial score (nSPS) is 21.0. The van der Waals surface area contributed by atoms with E-state index in [1.807, 2.05) is 24.3 Å². The van der Waals surface area contributed by atoms with Crippen LogP contribution in [0.3, 0.4) is 0 Å². The van der Waals surface area contributed by atoms with E-state index in [0.29, 0.717) is 13.1 Å². The highest BCUT2D eigenvalue weighted by Crippen LogP contribution is 2.35. The zero-order valence-corrected chi connectivity index (χ0v) is 26.6. The van der Waals surface area contributed by atoms with Crippen LogP contribution in [0.15, 0.2) is 24.3 Å². The van der Waals surface area contributed by atoms with Gasteiger partial charge in [-0.3, -0.25) is 24.0 Å². The summed E-state index contributed by atoms with van der Waals surface area (Å²) in [4.78, 5) is 79.4. The lowest BCUT2D eigenvalue weighted by molar-refractivity contribution is -0.143. The van der Waals surface area contributed by atoms with Gasteiger partial charge in [-0.05, 0) is 35.3 Å². The minimum atomic E-state index is -1.15. The number of amides is 6. The van der Waals surface area contributed by atoms with Gasteiger partial charge in [0.25, 0.3) is 5.91 Å². The van der Waals surface area contributed by atoms with Gasteiger partial charge >= 0.3 is 6.03 Å². The van der Waals surface area contributed by atoms with E-state index in [-0.39, 0.29) is 37.8 Å². The summed E-state index contributed by atoms with van der Waals surface area (Å²) in [5, 5.41) is 7.87. The lowest BCUT2D eigenvalue weighted by Gasteiger charge is -2.35. The highest BCUT2D eigenvalue weighted by Gasteiger charge is 2.47. The molecule has 6 amide bonds. The van der Waals surface area contributed by atoms with Crippen molar-refractivity contribution in [2.24, 2.45) is 23.0 Å². The van der Waals surface area contributed by atoms with Crippen LogP contribution in [0.5, 0.6) is 0 Å². The molecule has 2 fully saturated rings. The van der Waals surface area contributed by atoms with Crippen LogP contribution in [0.4, 0.5) is 4.79 Å². The fourth-order valence-electron chi connectivity index (χ4n) is 5.67. The van der Waals surface area contributed by atoms with E-state index in [0.717, 1.165) is 24.0 Å². The summed E-state index contributed by atoms with van der Waals surface area (Å²) in [6.07, 6.45) is 2.16. The molecule has 0 bridgehead atoms. The van der Waals surface area contributed by atoms with Crippen LogP contribution < -0.4 is 21.7 Å². The lowest BCUT2D eigenvalue weighted by atomic mass is 9.85. The molecule has 3 aliphatic rings. The highest BCUT2D eigenvalue weighted by molar-refractivity contribution is 6.44. The molecule has 2 heterocycles. The summed E-state index contributed by atoms with van der Waals surface area (Å²) >= 11 is 12.3. The monoisotopic (exact) mass is 650 g/mol. The molecule has 1 saturated carbocycles. The van der Waals surface area contributed by atoms with E-state index < -0.39 is 63.8 Å². The molecule has 1 aromatic carbocycles. The van der Waals surface area contributed by atoms with Crippen LogP contribution in [0.1, 0.15) is 57.6 Å². The van der Waals surface area contributed by atoms with Gasteiger partial charge in [-0.2, -0.15) is 0 Å². The number of rotatable bonds is 11. The third-order valence-electron chi connectivity index (χ3n) is 8.40. The number of likely N-dealkylation sites (tertiary alicyclic amines) is 1. The molecule has 1 unspecified atom stereocenters. The number of alkyl halides is 2. The van der Waals surface area contributed by atoms with Crippen LogP contribution in [0, 0.1) is 17.3 Å². The molecule has 1 aliphatic carbocycles. The zero-order valence-electron chi connectivity index (χ0n) is 25.1. The highest BCUT2D eigenvalue weighted by atomic mass is 35.5. The fourth-order valence-corrected chi connectivity index (χ4v) is 6.04. The molecule has 0 aromatic heterocycles. The summed E-state index contributed by atoms with van der Waals surface area (Å²) in [5.74, 6) is -3.75. The molecular weight excluding hydrogens is 611 g/mol. The molecule has 4 rings (SSSR count). The third kappa shape index (κ3) is 8.20. The van der Waals surface area contributed by atoms with Crippen LogP contribution in [-0.4, -0.2) is 81.3 Å². The average molecular weight is 652 g/mol. The van der Waals surface area contributed by atoms with Gasteiger partial charge in [0.05, 0.1) is 12.6 Å². The second-order valence-corrected chi connectivity index (χ2v) is 14.1. The number of carbonyl (C=O) groups is 6. The number of benzene rings is 1. The SMILES string of the molecule is CC(C)(C)[C@H](NC(=O)NCC(=O)N1Cc2ccccc2C1)C(=O)N1C[C@H](C(Cl)Cl)C[C@H]1C(=O)NC(CC1CC1)C(=O)C(N)=O. The molecule has 2 aliphatic heterocycles. The van der Waals surface area contributed by atoms with Crippen molar-refractivity contribution < 1.29 is 28.8 Å². The van der Waals surface area contributed by atoms with Crippen molar-refractivity contribution in [3.8, 4) is 0 Å². The molecule has 1 saturated heterocycles. The summed E-state index contributed by atoms with van der Waals surface area (Å²) in [6.45, 7) is 5.95. The predicted octanol–water partition coefficient (Wildman–Crippen LogP) is 1.60. The van der Waals surface area contributed by atoms with Crippen LogP contribution in [0.25, 0.3) is 0 Å². The average Bonchev–Trinajstić information content (AvgIpc) is 3.48. The van der Waals surface area contributed by atoms with E-state index >= 15 is 0 Å². The van der Waals surface area contributed by atoms with Crippen LogP contribution in [0.2, 0.25) is 0 Å². The minimum absolute atomic E-state index is 0.0372. The molecule has 0 spiro atoms. The Balaban J connectivity index is 1.43. The molecule has 1 aromatic rings. The summed E-state index contributed by atoms with van der Waals surface area (Å²) in [5.41, 5.74) is 6.53. The first kappa shape index (κ1) is 33.5. The minimum Gasteiger partial charge on any atom is -0.363 e. The van der Waals surface area contributed by atoms with E-state index in [4.69, 9.17) is 28.9 Å². The second-order valence-electron chi connectivity index (χ2n) is 12.9. The molecule has 5 N–H and O–H groups in total. The number of hydrogen-bond donors (Lipinski definition) is 4. The maximum absolute atomic E-state index is 14.0. The Labute approximate surface area is 266 Å². The number of Topliss-reactive ketones (excluding diaryl/α,β-unsaturated/α-hetero) is 1. The van der Waals surface area contributed by atoms with Crippen molar-refractivity contribution in [1.82, 2.24) is 25.8 Å². The van der Waals surface area contributed by atoms with Crippen molar-refractivity contribution in [2.75, 3.05) is 13.1 Å². The first-order valence-electron chi connectivity index (χ1n) is 14.8. The first-order chi connectivity index (χ1) is 20.6. The Hall–Kier alpha value is -3.38. The topological polar surface area (TPSA) is 171 Å². The number of nitrogens with two attached hydrogens (primary N) is 1. The zero-order chi connectivity index (χ0) is 32.3. The number of primary amides is 1. The lowest BCUT2D eigenvalue weighted by Crippen LogP contribution is -2.60.